The van der Waals surface area contributed by atoms with Crippen LogP contribution in [0.4, 0.5) is 24.5 Å². The molecule has 0 bridgehead atoms. The number of ether oxygens (including phenoxy) is 1. The van der Waals surface area contributed by atoms with Crippen molar-refractivity contribution in [3.05, 3.63) is 53.6 Å². The maximum absolute atomic E-state index is 12.2. The number of hydrogen-bond acceptors (Lipinski definition) is 2. The fourth-order valence-corrected chi connectivity index (χ4v) is 2.15. The van der Waals surface area contributed by atoms with Crippen molar-refractivity contribution in [1.82, 2.24) is 0 Å². The Balaban J connectivity index is 2.05. The Morgan fingerprint density at radius 2 is 1.78 bits per heavy atom. The number of halogens is 3. The third-order valence-electron chi connectivity index (χ3n) is 2.97. The maximum Gasteiger partial charge on any atom is 0.573 e. The van der Waals surface area contributed by atoms with Gasteiger partial charge in [-0.25, -0.2) is 0 Å². The van der Waals surface area contributed by atoms with Gasteiger partial charge in [0.2, 0.25) is 0 Å². The highest BCUT2D eigenvalue weighted by molar-refractivity contribution is 7.80. The summed E-state index contributed by atoms with van der Waals surface area (Å²) in [6, 6.07) is 11.4. The molecule has 0 heterocycles. The van der Waals surface area contributed by atoms with Gasteiger partial charge in [-0.3, -0.25) is 0 Å². The van der Waals surface area contributed by atoms with E-state index in [1.54, 1.807) is 6.07 Å². The van der Waals surface area contributed by atoms with Crippen LogP contribution in [0, 0.1) is 13.8 Å². The van der Waals surface area contributed by atoms with Crippen molar-refractivity contribution in [3.63, 3.8) is 0 Å². The lowest BCUT2D eigenvalue weighted by Crippen LogP contribution is -2.20. The van der Waals surface area contributed by atoms with Crippen LogP contribution in [0.5, 0.6) is 5.75 Å². The standard InChI is InChI=1S/C16H15F3N2OS/c1-10-6-7-11(2)14(8-10)21-15(23)20-12-4-3-5-13(9-12)22-16(17,18)19/h3-9H,1-2H3,(H2,20,21,23). The summed E-state index contributed by atoms with van der Waals surface area (Å²) in [6.07, 6.45) is -4.73. The molecular formula is C16H15F3N2OS. The van der Waals surface area contributed by atoms with Gasteiger partial charge in [0.1, 0.15) is 5.75 Å². The Labute approximate surface area is 137 Å². The summed E-state index contributed by atoms with van der Waals surface area (Å²) < 4.78 is 40.5. The molecule has 7 heteroatoms. The van der Waals surface area contributed by atoms with Gasteiger partial charge in [0.15, 0.2) is 5.11 Å². The van der Waals surface area contributed by atoms with Gasteiger partial charge < -0.3 is 15.4 Å². The van der Waals surface area contributed by atoms with Gasteiger partial charge in [0.25, 0.3) is 0 Å². The predicted octanol–water partition coefficient (Wildman–Crippen LogP) is 5.01. The van der Waals surface area contributed by atoms with Crippen molar-refractivity contribution in [1.29, 1.82) is 0 Å². The molecule has 2 N–H and O–H groups in total. The quantitative estimate of drug-likeness (QED) is 0.770. The second-order valence-corrected chi connectivity index (χ2v) is 5.38. The van der Waals surface area contributed by atoms with Crippen molar-refractivity contribution in [2.75, 3.05) is 10.6 Å². The summed E-state index contributed by atoms with van der Waals surface area (Å²) in [4.78, 5) is 0. The van der Waals surface area contributed by atoms with E-state index >= 15 is 0 Å². The van der Waals surface area contributed by atoms with Crippen LogP contribution in [0.1, 0.15) is 11.1 Å². The first-order chi connectivity index (χ1) is 10.7. The molecule has 0 aliphatic rings. The molecule has 0 aromatic heterocycles. The molecule has 122 valence electrons. The number of nitrogens with one attached hydrogen (secondary N) is 2. The number of anilines is 2. The van der Waals surface area contributed by atoms with Crippen LogP contribution >= 0.6 is 12.2 Å². The molecule has 0 aliphatic heterocycles. The van der Waals surface area contributed by atoms with Gasteiger partial charge in [-0.2, -0.15) is 0 Å². The fraction of sp³-hybridized carbons (Fsp3) is 0.188. The third-order valence-corrected chi connectivity index (χ3v) is 3.17. The minimum Gasteiger partial charge on any atom is -0.406 e. The molecule has 0 atom stereocenters. The summed E-state index contributed by atoms with van der Waals surface area (Å²) in [5.74, 6) is -0.308. The Morgan fingerprint density at radius 1 is 1.04 bits per heavy atom. The predicted molar refractivity (Wildman–Crippen MR) is 88.9 cm³/mol. The van der Waals surface area contributed by atoms with E-state index in [1.807, 2.05) is 32.0 Å². The molecule has 0 radical (unpaired) electrons. The zero-order valence-corrected chi connectivity index (χ0v) is 13.3. The first kappa shape index (κ1) is 17.1. The molecule has 2 rings (SSSR count). The van der Waals surface area contributed by atoms with Gasteiger partial charge in [0.05, 0.1) is 0 Å². The summed E-state index contributed by atoms with van der Waals surface area (Å²) in [7, 11) is 0. The number of hydrogen-bond donors (Lipinski definition) is 2. The van der Waals surface area contributed by atoms with Crippen LogP contribution in [-0.4, -0.2) is 11.5 Å². The average molecular weight is 340 g/mol. The van der Waals surface area contributed by atoms with Crippen LogP contribution in [0.25, 0.3) is 0 Å². The number of aryl methyl sites for hydroxylation is 2. The molecular weight excluding hydrogens is 325 g/mol. The van der Waals surface area contributed by atoms with Crippen LogP contribution < -0.4 is 15.4 Å². The van der Waals surface area contributed by atoms with E-state index in [4.69, 9.17) is 12.2 Å². The molecule has 23 heavy (non-hydrogen) atoms. The highest BCUT2D eigenvalue weighted by atomic mass is 32.1. The van der Waals surface area contributed by atoms with E-state index in [-0.39, 0.29) is 10.9 Å². The first-order valence-electron chi connectivity index (χ1n) is 6.74. The van der Waals surface area contributed by atoms with Gasteiger partial charge in [-0.1, -0.05) is 18.2 Å². The molecule has 0 saturated heterocycles. The SMILES string of the molecule is Cc1ccc(C)c(NC(=S)Nc2cccc(OC(F)(F)F)c2)c1. The van der Waals surface area contributed by atoms with Crippen LogP contribution in [0.3, 0.4) is 0 Å². The van der Waals surface area contributed by atoms with Crippen LogP contribution in [0.2, 0.25) is 0 Å². The molecule has 2 aromatic rings. The Bertz CT molecular complexity index is 717. The highest BCUT2D eigenvalue weighted by Gasteiger charge is 2.31. The second kappa shape index (κ2) is 6.87. The van der Waals surface area contributed by atoms with Crippen LogP contribution in [-0.2, 0) is 0 Å². The van der Waals surface area contributed by atoms with E-state index in [2.05, 4.69) is 15.4 Å². The average Bonchev–Trinajstić information content (AvgIpc) is 2.41. The van der Waals surface area contributed by atoms with E-state index in [1.165, 1.54) is 18.2 Å². The molecule has 0 amide bonds. The molecule has 3 nitrogen and oxygen atoms in total. The minimum atomic E-state index is -4.73. The van der Waals surface area contributed by atoms with Crippen molar-refractivity contribution in [2.45, 2.75) is 20.2 Å². The highest BCUT2D eigenvalue weighted by Crippen LogP contribution is 2.25. The van der Waals surface area contributed by atoms with Gasteiger partial charge in [0, 0.05) is 17.4 Å². The van der Waals surface area contributed by atoms with Crippen molar-refractivity contribution < 1.29 is 17.9 Å². The minimum absolute atomic E-state index is 0.280. The van der Waals surface area contributed by atoms with Crippen molar-refractivity contribution >= 4 is 28.7 Å². The second-order valence-electron chi connectivity index (χ2n) is 4.97. The van der Waals surface area contributed by atoms with E-state index < -0.39 is 6.36 Å². The number of alkyl halides is 3. The van der Waals surface area contributed by atoms with Gasteiger partial charge in [-0.05, 0) is 55.4 Å². The Kier molecular flexibility index (Phi) is 5.10. The third kappa shape index (κ3) is 5.45. The van der Waals surface area contributed by atoms with Crippen molar-refractivity contribution in [2.24, 2.45) is 0 Å². The number of rotatable bonds is 3. The molecule has 0 spiro atoms. The van der Waals surface area contributed by atoms with E-state index in [0.717, 1.165) is 16.8 Å². The zero-order valence-electron chi connectivity index (χ0n) is 12.5. The summed E-state index contributed by atoms with van der Waals surface area (Å²) in [5.41, 5.74) is 3.31. The Hall–Kier alpha value is -2.28. The molecule has 0 fully saturated rings. The fourth-order valence-electron chi connectivity index (χ4n) is 1.93. The lowest BCUT2D eigenvalue weighted by Gasteiger charge is -2.14. The number of thiocarbonyl (C=S) groups is 1. The Morgan fingerprint density at radius 3 is 2.48 bits per heavy atom. The topological polar surface area (TPSA) is 33.3 Å². The number of benzene rings is 2. The van der Waals surface area contributed by atoms with Crippen LogP contribution in [0.15, 0.2) is 42.5 Å². The van der Waals surface area contributed by atoms with Crippen molar-refractivity contribution in [3.8, 4) is 5.75 Å². The molecule has 2 aromatic carbocycles. The van der Waals surface area contributed by atoms with E-state index in [0.29, 0.717) is 5.69 Å². The summed E-state index contributed by atoms with van der Waals surface area (Å²) in [6.45, 7) is 3.89. The van der Waals surface area contributed by atoms with Gasteiger partial charge >= 0.3 is 6.36 Å². The molecule has 0 unspecified atom stereocenters. The lowest BCUT2D eigenvalue weighted by atomic mass is 10.1. The largest absolute Gasteiger partial charge is 0.573 e. The van der Waals surface area contributed by atoms with Gasteiger partial charge in [-0.15, -0.1) is 13.2 Å². The molecule has 0 saturated carbocycles. The van der Waals surface area contributed by atoms with E-state index in [9.17, 15) is 13.2 Å². The zero-order chi connectivity index (χ0) is 17.0. The smallest absolute Gasteiger partial charge is 0.406 e. The normalized spacial score (nSPS) is 11.0. The lowest BCUT2D eigenvalue weighted by molar-refractivity contribution is -0.274. The first-order valence-corrected chi connectivity index (χ1v) is 7.15. The summed E-state index contributed by atoms with van der Waals surface area (Å²) >= 11 is 5.19. The molecule has 0 aliphatic carbocycles. The maximum atomic E-state index is 12.2. The summed E-state index contributed by atoms with van der Waals surface area (Å²) in [5, 5.41) is 6.14. The monoisotopic (exact) mass is 340 g/mol.